The molecule has 41 heavy (non-hydrogen) atoms. The highest BCUT2D eigenvalue weighted by Crippen LogP contribution is 2.48. The zero-order valence-corrected chi connectivity index (χ0v) is 23.6. The maximum absolute atomic E-state index is 13.4. The third-order valence-corrected chi connectivity index (χ3v) is 9.51. The number of imidazole rings is 1. The first kappa shape index (κ1) is 27.4. The van der Waals surface area contributed by atoms with Crippen LogP contribution >= 0.6 is 0 Å². The Hall–Kier alpha value is -3.77. The minimum Gasteiger partial charge on any atom is -0.507 e. The molecule has 0 radical (unpaired) electrons. The van der Waals surface area contributed by atoms with Crippen molar-refractivity contribution in [1.82, 2.24) is 19.9 Å². The fourth-order valence-electron chi connectivity index (χ4n) is 5.91. The third kappa shape index (κ3) is 5.71. The zero-order valence-electron chi connectivity index (χ0n) is 22.7. The lowest BCUT2D eigenvalue weighted by Gasteiger charge is -2.26. The van der Waals surface area contributed by atoms with Crippen LogP contribution in [0, 0.1) is 11.8 Å². The van der Waals surface area contributed by atoms with Crippen molar-refractivity contribution in [1.29, 1.82) is 0 Å². The standard InChI is InChI=1S/C29H33N5O6S/c1-2-18(12-17-8-10-39-11-9-17)23-14-22(35)25(29(36)40-23)24(19-6-7-19)20-4-3-5-21(13-20)34-41(37,38)28-26-27(31-15-30-26)32-16-33-28/h3-5,13-19,24,34-35H,2,6-12H2,1H3,(H,30,31,32,33). The molecular formula is C29H33N5O6S. The molecule has 1 saturated carbocycles. The average Bonchev–Trinajstić information content (AvgIpc) is 3.68. The molecule has 6 rings (SSSR count). The molecule has 3 aromatic heterocycles. The van der Waals surface area contributed by atoms with E-state index in [-0.39, 0.29) is 39.3 Å². The van der Waals surface area contributed by atoms with Gasteiger partial charge in [-0.3, -0.25) is 4.72 Å². The Balaban J connectivity index is 1.29. The van der Waals surface area contributed by atoms with Gasteiger partial charge in [0.2, 0.25) is 5.03 Å². The minimum absolute atomic E-state index is 0.0333. The van der Waals surface area contributed by atoms with Crippen LogP contribution in [0.2, 0.25) is 0 Å². The molecule has 1 aromatic carbocycles. The maximum atomic E-state index is 13.4. The van der Waals surface area contributed by atoms with Crippen LogP contribution < -0.4 is 10.3 Å². The Morgan fingerprint density at radius 2 is 1.93 bits per heavy atom. The lowest BCUT2D eigenvalue weighted by atomic mass is 9.84. The van der Waals surface area contributed by atoms with E-state index in [4.69, 9.17) is 9.15 Å². The van der Waals surface area contributed by atoms with Gasteiger partial charge in [-0.2, -0.15) is 8.42 Å². The molecule has 2 aliphatic rings. The predicted octanol–water partition coefficient (Wildman–Crippen LogP) is 4.66. The van der Waals surface area contributed by atoms with Crippen LogP contribution in [0.5, 0.6) is 5.75 Å². The van der Waals surface area contributed by atoms with Gasteiger partial charge in [-0.1, -0.05) is 19.1 Å². The summed E-state index contributed by atoms with van der Waals surface area (Å²) in [6.45, 7) is 3.56. The Kier molecular flexibility index (Phi) is 7.52. The van der Waals surface area contributed by atoms with Gasteiger partial charge in [0.05, 0.1) is 11.9 Å². The van der Waals surface area contributed by atoms with Crippen LogP contribution in [-0.4, -0.2) is 46.7 Å². The number of H-pyrrole nitrogens is 1. The third-order valence-electron chi connectivity index (χ3n) is 8.18. The molecule has 216 valence electrons. The largest absolute Gasteiger partial charge is 0.507 e. The van der Waals surface area contributed by atoms with Gasteiger partial charge >= 0.3 is 5.63 Å². The molecular weight excluding hydrogens is 546 g/mol. The predicted molar refractivity (Wildman–Crippen MR) is 151 cm³/mol. The second-order valence-corrected chi connectivity index (χ2v) is 12.6. The van der Waals surface area contributed by atoms with Gasteiger partial charge in [-0.15, -0.1) is 0 Å². The molecule has 4 heterocycles. The topological polar surface area (TPSA) is 160 Å². The summed E-state index contributed by atoms with van der Waals surface area (Å²) in [5, 5.41) is 11.0. The minimum atomic E-state index is -4.08. The first-order valence-corrected chi connectivity index (χ1v) is 15.5. The number of aromatic nitrogens is 4. The van der Waals surface area contributed by atoms with E-state index in [0.717, 1.165) is 58.1 Å². The number of rotatable bonds is 10. The molecule has 2 unspecified atom stereocenters. The SMILES string of the molecule is CCC(CC1CCOCC1)c1cc(O)c(C(c2cccc(NS(=O)(=O)c3ncnc4nc[nH]c34)c2)C2CC2)c(=O)o1. The number of aromatic hydroxyl groups is 1. The van der Waals surface area contributed by atoms with Crippen molar-refractivity contribution in [3.8, 4) is 5.75 Å². The number of fused-ring (bicyclic) bond motifs is 1. The Bertz CT molecular complexity index is 1710. The second kappa shape index (κ2) is 11.2. The highest BCUT2D eigenvalue weighted by Gasteiger charge is 2.38. The normalized spacial score (nSPS) is 17.9. The molecule has 12 heteroatoms. The van der Waals surface area contributed by atoms with Crippen molar-refractivity contribution in [2.45, 2.75) is 62.3 Å². The van der Waals surface area contributed by atoms with E-state index >= 15 is 0 Å². The average molecular weight is 580 g/mol. The number of aromatic amines is 1. The van der Waals surface area contributed by atoms with E-state index in [9.17, 15) is 18.3 Å². The number of nitrogens with zero attached hydrogens (tertiary/aromatic N) is 3. The van der Waals surface area contributed by atoms with E-state index in [0.29, 0.717) is 22.9 Å². The Labute approximate surface area is 237 Å². The monoisotopic (exact) mass is 579 g/mol. The Morgan fingerprint density at radius 3 is 2.66 bits per heavy atom. The number of anilines is 1. The van der Waals surface area contributed by atoms with Gasteiger partial charge < -0.3 is 19.2 Å². The van der Waals surface area contributed by atoms with Crippen LogP contribution in [0.3, 0.4) is 0 Å². The molecule has 0 amide bonds. The number of ether oxygens (including phenoxy) is 1. The maximum Gasteiger partial charge on any atom is 0.343 e. The van der Waals surface area contributed by atoms with Gasteiger partial charge in [0.25, 0.3) is 10.0 Å². The Morgan fingerprint density at radius 1 is 1.12 bits per heavy atom. The van der Waals surface area contributed by atoms with Gasteiger partial charge in [0, 0.05) is 36.8 Å². The molecule has 0 spiro atoms. The van der Waals surface area contributed by atoms with Gasteiger partial charge in [-0.05, 0) is 68.1 Å². The van der Waals surface area contributed by atoms with E-state index in [1.54, 1.807) is 24.3 Å². The summed E-state index contributed by atoms with van der Waals surface area (Å²) in [6, 6.07) is 8.49. The smallest absolute Gasteiger partial charge is 0.343 e. The summed E-state index contributed by atoms with van der Waals surface area (Å²) >= 11 is 0. The van der Waals surface area contributed by atoms with Crippen LogP contribution in [0.15, 0.2) is 57.2 Å². The van der Waals surface area contributed by atoms with Crippen LogP contribution in [0.25, 0.3) is 11.2 Å². The second-order valence-electron chi connectivity index (χ2n) is 11.0. The number of hydrogen-bond donors (Lipinski definition) is 3. The molecule has 1 aliphatic carbocycles. The van der Waals surface area contributed by atoms with E-state index in [1.807, 2.05) is 6.07 Å². The van der Waals surface area contributed by atoms with Crippen molar-refractivity contribution in [2.75, 3.05) is 17.9 Å². The summed E-state index contributed by atoms with van der Waals surface area (Å²) in [4.78, 5) is 28.1. The van der Waals surface area contributed by atoms with Crippen LogP contribution in [0.4, 0.5) is 5.69 Å². The molecule has 1 saturated heterocycles. The first-order valence-electron chi connectivity index (χ1n) is 14.1. The van der Waals surface area contributed by atoms with Gasteiger partial charge in [-0.25, -0.2) is 19.7 Å². The number of nitrogens with one attached hydrogen (secondary N) is 2. The van der Waals surface area contributed by atoms with Crippen molar-refractivity contribution in [3.63, 3.8) is 0 Å². The fraction of sp³-hybridized carbons (Fsp3) is 0.448. The summed E-state index contributed by atoms with van der Waals surface area (Å²) in [5.41, 5.74) is 1.14. The highest BCUT2D eigenvalue weighted by molar-refractivity contribution is 7.92. The number of sulfonamides is 1. The molecule has 0 bridgehead atoms. The highest BCUT2D eigenvalue weighted by atomic mass is 32.2. The molecule has 11 nitrogen and oxygen atoms in total. The zero-order chi connectivity index (χ0) is 28.6. The molecule has 1 aliphatic heterocycles. The fourth-order valence-corrected chi connectivity index (χ4v) is 7.05. The molecule has 4 aromatic rings. The van der Waals surface area contributed by atoms with Crippen LogP contribution in [0.1, 0.15) is 74.2 Å². The number of benzene rings is 1. The van der Waals surface area contributed by atoms with E-state index in [2.05, 4.69) is 31.6 Å². The first-order chi connectivity index (χ1) is 19.8. The van der Waals surface area contributed by atoms with Crippen LogP contribution in [-0.2, 0) is 14.8 Å². The quantitative estimate of drug-likeness (QED) is 0.227. The lowest BCUT2D eigenvalue weighted by Crippen LogP contribution is -2.20. The van der Waals surface area contributed by atoms with Gasteiger partial charge in [0.15, 0.2) is 5.65 Å². The van der Waals surface area contributed by atoms with Crippen molar-refractivity contribution in [2.24, 2.45) is 11.8 Å². The van der Waals surface area contributed by atoms with Crippen molar-refractivity contribution >= 4 is 26.9 Å². The lowest BCUT2D eigenvalue weighted by molar-refractivity contribution is 0.0606. The summed E-state index contributed by atoms with van der Waals surface area (Å²) in [6.07, 6.45) is 7.93. The van der Waals surface area contributed by atoms with E-state index in [1.165, 1.54) is 6.33 Å². The molecule has 2 fully saturated rings. The molecule has 2 atom stereocenters. The van der Waals surface area contributed by atoms with Crippen molar-refractivity contribution in [3.05, 3.63) is 70.3 Å². The molecule has 3 N–H and O–H groups in total. The number of hydrogen-bond acceptors (Lipinski definition) is 9. The van der Waals surface area contributed by atoms with Crippen molar-refractivity contribution < 1.29 is 22.7 Å². The summed E-state index contributed by atoms with van der Waals surface area (Å²) < 4.78 is 40.4. The van der Waals surface area contributed by atoms with Gasteiger partial charge in [0.1, 0.15) is 23.4 Å². The van der Waals surface area contributed by atoms with E-state index < -0.39 is 21.6 Å². The summed E-state index contributed by atoms with van der Waals surface area (Å²) in [7, 11) is -4.08. The summed E-state index contributed by atoms with van der Waals surface area (Å²) in [5.74, 6) is 0.670.